The van der Waals surface area contributed by atoms with Crippen molar-refractivity contribution >= 4 is 29.8 Å². The van der Waals surface area contributed by atoms with E-state index in [1.165, 1.54) is 24.0 Å². The number of anilines is 1. The topological polar surface area (TPSA) is 85.4 Å². The number of rotatable bonds is 6. The van der Waals surface area contributed by atoms with E-state index in [-0.39, 0.29) is 11.8 Å². The van der Waals surface area contributed by atoms with Gasteiger partial charge in [0, 0.05) is 17.5 Å². The van der Waals surface area contributed by atoms with Gasteiger partial charge < -0.3 is 19.1 Å². The summed E-state index contributed by atoms with van der Waals surface area (Å²) < 4.78 is 15.2. The average Bonchev–Trinajstić information content (AvgIpc) is 2.82. The van der Waals surface area contributed by atoms with Crippen molar-refractivity contribution in [2.45, 2.75) is 26.1 Å². The minimum atomic E-state index is -0.852. The largest absolute Gasteiger partial charge is 0.466 e. The number of fused-ring (bicyclic) bond motifs is 1. The van der Waals surface area contributed by atoms with Gasteiger partial charge in [-0.2, -0.15) is 0 Å². The fourth-order valence-corrected chi connectivity index (χ4v) is 3.47. The smallest absolute Gasteiger partial charge is 0.416 e. The Balaban J connectivity index is 2.25. The molecule has 0 aliphatic carbocycles. The van der Waals surface area contributed by atoms with Crippen LogP contribution in [0, 0.1) is 0 Å². The second-order valence-electron chi connectivity index (χ2n) is 7.41. The van der Waals surface area contributed by atoms with Gasteiger partial charge in [0.2, 0.25) is 0 Å². The maximum Gasteiger partial charge on any atom is 0.416 e. The van der Waals surface area contributed by atoms with Crippen LogP contribution in [0.25, 0.3) is 6.08 Å². The van der Waals surface area contributed by atoms with Crippen molar-refractivity contribution in [2.24, 2.45) is 0 Å². The maximum atomic E-state index is 13.4. The summed E-state index contributed by atoms with van der Waals surface area (Å²) in [7, 11) is 2.43. The number of nitrogens with zero attached hydrogens (tertiary/aromatic N) is 2. The molecule has 172 valence electrons. The molecule has 0 radical (unpaired) electrons. The van der Waals surface area contributed by atoms with Crippen LogP contribution in [0.4, 0.5) is 10.5 Å². The third-order valence-corrected chi connectivity index (χ3v) is 4.89. The Morgan fingerprint density at radius 3 is 2.27 bits per heavy atom. The van der Waals surface area contributed by atoms with Gasteiger partial charge in [0.25, 0.3) is 0 Å². The molecule has 0 saturated carbocycles. The molecule has 8 heteroatoms. The molecule has 1 amide bonds. The fourth-order valence-electron chi connectivity index (χ4n) is 3.47. The van der Waals surface area contributed by atoms with Crippen molar-refractivity contribution in [2.75, 3.05) is 19.1 Å². The summed E-state index contributed by atoms with van der Waals surface area (Å²) in [5.41, 5.74) is 2.02. The van der Waals surface area contributed by atoms with Gasteiger partial charge in [0.1, 0.15) is 11.9 Å². The molecule has 0 N–H and O–H groups in total. The first-order valence-electron chi connectivity index (χ1n) is 10.4. The molecule has 1 aliphatic rings. The first-order valence-corrected chi connectivity index (χ1v) is 10.4. The van der Waals surface area contributed by atoms with Crippen molar-refractivity contribution in [1.82, 2.24) is 4.90 Å². The number of amides is 1. The van der Waals surface area contributed by atoms with Crippen LogP contribution in [0.15, 0.2) is 72.6 Å². The fraction of sp³-hybridized carbons (Fsp3) is 0.240. The summed E-state index contributed by atoms with van der Waals surface area (Å²) in [6.07, 6.45) is 2.60. The Hall–Kier alpha value is -4.07. The summed E-state index contributed by atoms with van der Waals surface area (Å²) in [4.78, 5) is 41.1. The first-order chi connectivity index (χ1) is 15.9. The molecular formula is C25H26N2O6. The Kier molecular flexibility index (Phi) is 7.50. The van der Waals surface area contributed by atoms with E-state index in [1.807, 2.05) is 30.3 Å². The second-order valence-corrected chi connectivity index (χ2v) is 7.41. The predicted octanol–water partition coefficient (Wildman–Crippen LogP) is 4.25. The van der Waals surface area contributed by atoms with Crippen LogP contribution in [-0.2, 0) is 23.8 Å². The Bertz CT molecular complexity index is 1080. The molecule has 0 bridgehead atoms. The van der Waals surface area contributed by atoms with Gasteiger partial charge >= 0.3 is 18.0 Å². The molecule has 0 fully saturated rings. The molecule has 1 unspecified atom stereocenters. The van der Waals surface area contributed by atoms with Crippen molar-refractivity contribution < 1.29 is 28.6 Å². The molecule has 8 nitrogen and oxygen atoms in total. The highest BCUT2D eigenvalue weighted by atomic mass is 16.6. The number of hydrogen-bond donors (Lipinski definition) is 0. The van der Waals surface area contributed by atoms with Crippen LogP contribution < -0.4 is 4.90 Å². The predicted molar refractivity (Wildman–Crippen MR) is 123 cm³/mol. The van der Waals surface area contributed by atoms with Gasteiger partial charge in [-0.25, -0.2) is 14.4 Å². The zero-order valence-electron chi connectivity index (χ0n) is 18.9. The van der Waals surface area contributed by atoms with Crippen LogP contribution in [0.1, 0.15) is 31.1 Å². The van der Waals surface area contributed by atoms with E-state index in [9.17, 15) is 14.4 Å². The Morgan fingerprint density at radius 2 is 1.64 bits per heavy atom. The van der Waals surface area contributed by atoms with E-state index >= 15 is 0 Å². The normalized spacial score (nSPS) is 15.0. The number of carbonyl (C=O) groups is 3. The molecule has 1 aliphatic heterocycles. The van der Waals surface area contributed by atoms with Crippen molar-refractivity contribution in [3.05, 3.63) is 83.7 Å². The third kappa shape index (κ3) is 5.23. The van der Waals surface area contributed by atoms with Crippen LogP contribution in [0.2, 0.25) is 0 Å². The number of carbonyl (C=O) groups excluding carboxylic acids is 3. The van der Waals surface area contributed by atoms with Gasteiger partial charge in [-0.05, 0) is 37.6 Å². The molecule has 1 atom stereocenters. The highest BCUT2D eigenvalue weighted by Gasteiger charge is 2.38. The number of benzene rings is 2. The molecule has 1 heterocycles. The van der Waals surface area contributed by atoms with Crippen LogP contribution >= 0.6 is 0 Å². The van der Waals surface area contributed by atoms with Crippen LogP contribution in [0.3, 0.4) is 0 Å². The molecule has 2 aromatic carbocycles. The lowest BCUT2D eigenvalue weighted by molar-refractivity contribution is -0.140. The number of ether oxygens (including phenoxy) is 3. The SMILES string of the molecule is COC(=O)/C=C(\C(=O)OC)N1C=Cc2ccccc2C1N(C(=O)OC(C)C)c1ccccc1. The van der Waals surface area contributed by atoms with Gasteiger partial charge in [-0.15, -0.1) is 0 Å². The van der Waals surface area contributed by atoms with Crippen LogP contribution in [-0.4, -0.2) is 43.3 Å². The first kappa shape index (κ1) is 23.6. The standard InChI is InChI=1S/C25H26N2O6/c1-17(2)33-25(30)27(19-11-6-5-7-12-19)23-20-13-9-8-10-18(20)14-15-26(23)21(24(29)32-4)16-22(28)31-3/h5-17,23H,1-4H3/b21-16+. The van der Waals surface area contributed by atoms with E-state index in [0.29, 0.717) is 5.69 Å². The van der Waals surface area contributed by atoms with E-state index in [0.717, 1.165) is 17.2 Å². The Labute approximate surface area is 192 Å². The second kappa shape index (κ2) is 10.5. The van der Waals surface area contributed by atoms with Gasteiger partial charge in [0.15, 0.2) is 0 Å². The lowest BCUT2D eigenvalue weighted by atomic mass is 9.99. The lowest BCUT2D eigenvalue weighted by Gasteiger charge is -2.41. The molecule has 2 aromatic rings. The zero-order valence-corrected chi connectivity index (χ0v) is 18.9. The highest BCUT2D eigenvalue weighted by molar-refractivity contribution is 5.97. The average molecular weight is 450 g/mol. The number of para-hydroxylation sites is 1. The third-order valence-electron chi connectivity index (χ3n) is 4.89. The molecule has 0 aromatic heterocycles. The summed E-state index contributed by atoms with van der Waals surface area (Å²) in [6, 6.07) is 16.4. The van der Waals surface area contributed by atoms with E-state index in [2.05, 4.69) is 0 Å². The van der Waals surface area contributed by atoms with Crippen molar-refractivity contribution in [1.29, 1.82) is 0 Å². The summed E-state index contributed by atoms with van der Waals surface area (Å²) in [5, 5.41) is 0. The molecule has 0 spiro atoms. The van der Waals surface area contributed by atoms with E-state index < -0.39 is 24.2 Å². The van der Waals surface area contributed by atoms with Gasteiger partial charge in [0.05, 0.1) is 26.4 Å². The maximum absolute atomic E-state index is 13.4. The van der Waals surface area contributed by atoms with E-state index in [4.69, 9.17) is 14.2 Å². The van der Waals surface area contributed by atoms with Crippen molar-refractivity contribution in [3.63, 3.8) is 0 Å². The molecule has 0 saturated heterocycles. The molecule has 33 heavy (non-hydrogen) atoms. The quantitative estimate of drug-likeness (QED) is 0.369. The monoisotopic (exact) mass is 450 g/mol. The number of methoxy groups -OCH3 is 2. The van der Waals surface area contributed by atoms with Crippen LogP contribution in [0.5, 0.6) is 0 Å². The number of esters is 2. The Morgan fingerprint density at radius 1 is 0.970 bits per heavy atom. The van der Waals surface area contributed by atoms with E-state index in [1.54, 1.807) is 50.4 Å². The van der Waals surface area contributed by atoms with Gasteiger partial charge in [-0.1, -0.05) is 42.5 Å². The molecular weight excluding hydrogens is 424 g/mol. The molecule has 3 rings (SSSR count). The minimum Gasteiger partial charge on any atom is -0.466 e. The zero-order chi connectivity index (χ0) is 24.0. The summed E-state index contributed by atoms with van der Waals surface area (Å²) in [6.45, 7) is 3.51. The van der Waals surface area contributed by atoms with Crippen molar-refractivity contribution in [3.8, 4) is 0 Å². The minimum absolute atomic E-state index is 0.0987. The summed E-state index contributed by atoms with van der Waals surface area (Å²) >= 11 is 0. The lowest BCUT2D eigenvalue weighted by Crippen LogP contribution is -2.46. The van der Waals surface area contributed by atoms with Gasteiger partial charge in [-0.3, -0.25) is 4.90 Å². The summed E-state index contributed by atoms with van der Waals surface area (Å²) in [5.74, 6) is -1.50. The number of hydrogen-bond acceptors (Lipinski definition) is 7. The highest BCUT2D eigenvalue weighted by Crippen LogP contribution is 2.39.